The van der Waals surface area contributed by atoms with Crippen LogP contribution in [0.1, 0.15) is 18.1 Å². The Morgan fingerprint density at radius 1 is 1.04 bits per heavy atom. The number of guanidine groups is 1. The summed E-state index contributed by atoms with van der Waals surface area (Å²) in [5.41, 5.74) is 2.36. The lowest BCUT2D eigenvalue weighted by atomic mass is 10.1. The first-order valence-corrected chi connectivity index (χ1v) is 9.57. The topological polar surface area (TPSA) is 45.7 Å². The first kappa shape index (κ1) is 19.3. The minimum Gasteiger partial charge on any atom is -0.380 e. The van der Waals surface area contributed by atoms with Crippen LogP contribution in [0.2, 0.25) is 0 Å². The van der Waals surface area contributed by atoms with Crippen LogP contribution in [-0.2, 0) is 17.9 Å². The molecule has 2 aromatic rings. The first-order valence-electron chi connectivity index (χ1n) is 8.58. The predicted octanol–water partition coefficient (Wildman–Crippen LogP) is 3.68. The van der Waals surface area contributed by atoms with Crippen LogP contribution < -0.4 is 10.6 Å². The molecule has 0 aromatic heterocycles. The quantitative estimate of drug-likeness (QED) is 0.311. The van der Waals surface area contributed by atoms with Crippen LogP contribution in [0.25, 0.3) is 0 Å². The second-order valence-electron chi connectivity index (χ2n) is 5.54. The number of hydrogen-bond donors (Lipinski definition) is 2. The zero-order valence-corrected chi connectivity index (χ0v) is 15.8. The molecule has 2 aromatic carbocycles. The number of ether oxygens (including phenoxy) is 1. The molecule has 0 heterocycles. The normalized spacial score (nSPS) is 11.4. The number of rotatable bonds is 9. The standard InChI is InChI=1S/C20H27N3OS/c1-3-21-20(22-12-13-25-19-10-5-4-6-11-19)23-15-17-8-7-9-18(14-17)16-24-2/h4-11,14H,3,12-13,15-16H2,1-2H3,(H2,21,22,23). The van der Waals surface area contributed by atoms with Gasteiger partial charge < -0.3 is 15.4 Å². The third kappa shape index (κ3) is 7.63. The SMILES string of the molecule is CCNC(=NCc1cccc(COC)c1)NCCSc1ccccc1. The molecule has 0 unspecified atom stereocenters. The molecule has 4 nitrogen and oxygen atoms in total. The Kier molecular flexibility index (Phi) is 8.94. The van der Waals surface area contributed by atoms with E-state index in [1.807, 2.05) is 17.8 Å². The van der Waals surface area contributed by atoms with E-state index >= 15 is 0 Å². The molecule has 0 saturated carbocycles. The summed E-state index contributed by atoms with van der Waals surface area (Å²) in [5.74, 6) is 1.85. The van der Waals surface area contributed by atoms with Crippen LogP contribution in [0.5, 0.6) is 0 Å². The Hall–Kier alpha value is -1.98. The third-order valence-corrected chi connectivity index (χ3v) is 4.49. The van der Waals surface area contributed by atoms with Gasteiger partial charge in [-0.05, 0) is 30.2 Å². The van der Waals surface area contributed by atoms with Crippen LogP contribution in [0.3, 0.4) is 0 Å². The van der Waals surface area contributed by atoms with E-state index in [0.29, 0.717) is 13.2 Å². The maximum Gasteiger partial charge on any atom is 0.191 e. The number of nitrogens with zero attached hydrogens (tertiary/aromatic N) is 1. The molecule has 0 aliphatic heterocycles. The van der Waals surface area contributed by atoms with Gasteiger partial charge in [-0.1, -0.05) is 42.5 Å². The van der Waals surface area contributed by atoms with E-state index in [1.54, 1.807) is 7.11 Å². The van der Waals surface area contributed by atoms with E-state index in [9.17, 15) is 0 Å². The predicted molar refractivity (Wildman–Crippen MR) is 107 cm³/mol. The maximum atomic E-state index is 5.19. The number of hydrogen-bond acceptors (Lipinski definition) is 3. The van der Waals surface area contributed by atoms with Gasteiger partial charge >= 0.3 is 0 Å². The van der Waals surface area contributed by atoms with E-state index in [0.717, 1.165) is 24.8 Å². The Labute approximate surface area is 155 Å². The molecular formula is C20H27N3OS. The van der Waals surface area contributed by atoms with Crippen molar-refractivity contribution >= 4 is 17.7 Å². The Morgan fingerprint density at radius 2 is 1.84 bits per heavy atom. The van der Waals surface area contributed by atoms with E-state index < -0.39 is 0 Å². The second-order valence-corrected chi connectivity index (χ2v) is 6.70. The van der Waals surface area contributed by atoms with Gasteiger partial charge in [0.1, 0.15) is 0 Å². The summed E-state index contributed by atoms with van der Waals surface area (Å²) in [6.07, 6.45) is 0. The molecule has 0 bridgehead atoms. The van der Waals surface area contributed by atoms with Crippen LogP contribution in [-0.4, -0.2) is 31.9 Å². The fraction of sp³-hybridized carbons (Fsp3) is 0.350. The lowest BCUT2D eigenvalue weighted by molar-refractivity contribution is 0.185. The van der Waals surface area contributed by atoms with E-state index in [1.165, 1.54) is 16.0 Å². The highest BCUT2D eigenvalue weighted by Crippen LogP contribution is 2.15. The van der Waals surface area contributed by atoms with Gasteiger partial charge in [0.05, 0.1) is 13.2 Å². The lowest BCUT2D eigenvalue weighted by Crippen LogP contribution is -2.38. The summed E-state index contributed by atoms with van der Waals surface area (Å²) in [4.78, 5) is 5.97. The second kappa shape index (κ2) is 11.6. The van der Waals surface area contributed by atoms with Gasteiger partial charge in [0.2, 0.25) is 0 Å². The van der Waals surface area contributed by atoms with Crippen molar-refractivity contribution in [3.63, 3.8) is 0 Å². The van der Waals surface area contributed by atoms with Crippen LogP contribution in [0, 0.1) is 0 Å². The van der Waals surface area contributed by atoms with Gasteiger partial charge in [-0.2, -0.15) is 0 Å². The van der Waals surface area contributed by atoms with Gasteiger partial charge in [0, 0.05) is 30.8 Å². The molecule has 0 aliphatic rings. The van der Waals surface area contributed by atoms with E-state index in [-0.39, 0.29) is 0 Å². The lowest BCUT2D eigenvalue weighted by Gasteiger charge is -2.11. The number of aliphatic imine (C=N–C) groups is 1. The van der Waals surface area contributed by atoms with Crippen LogP contribution in [0.4, 0.5) is 0 Å². The van der Waals surface area contributed by atoms with Gasteiger partial charge in [0.25, 0.3) is 0 Å². The summed E-state index contributed by atoms with van der Waals surface area (Å²) in [6.45, 7) is 5.08. The molecule has 0 amide bonds. The first-order chi connectivity index (χ1) is 12.3. The molecule has 134 valence electrons. The summed E-state index contributed by atoms with van der Waals surface area (Å²) in [6, 6.07) is 18.8. The molecule has 0 atom stereocenters. The van der Waals surface area contributed by atoms with Crippen molar-refractivity contribution in [2.24, 2.45) is 4.99 Å². The molecule has 2 N–H and O–H groups in total. The van der Waals surface area contributed by atoms with Crippen LogP contribution >= 0.6 is 11.8 Å². The number of methoxy groups -OCH3 is 1. The Morgan fingerprint density at radius 3 is 2.60 bits per heavy atom. The minimum atomic E-state index is 0.632. The summed E-state index contributed by atoms with van der Waals surface area (Å²) in [7, 11) is 1.71. The van der Waals surface area contributed by atoms with E-state index in [4.69, 9.17) is 4.74 Å². The van der Waals surface area contributed by atoms with Crippen molar-refractivity contribution in [2.45, 2.75) is 25.0 Å². The zero-order valence-electron chi connectivity index (χ0n) is 15.0. The maximum absolute atomic E-state index is 5.19. The Bertz CT molecular complexity index is 646. The zero-order chi connectivity index (χ0) is 17.7. The van der Waals surface area contributed by atoms with Gasteiger partial charge in [0.15, 0.2) is 5.96 Å². The largest absolute Gasteiger partial charge is 0.380 e. The van der Waals surface area contributed by atoms with Gasteiger partial charge in [-0.25, -0.2) is 4.99 Å². The molecule has 0 radical (unpaired) electrons. The summed E-state index contributed by atoms with van der Waals surface area (Å²) < 4.78 is 5.19. The van der Waals surface area contributed by atoms with Crippen molar-refractivity contribution in [1.82, 2.24) is 10.6 Å². The van der Waals surface area contributed by atoms with Crippen LogP contribution in [0.15, 0.2) is 64.5 Å². The van der Waals surface area contributed by atoms with Gasteiger partial charge in [-0.15, -0.1) is 11.8 Å². The van der Waals surface area contributed by atoms with Gasteiger partial charge in [-0.3, -0.25) is 0 Å². The monoisotopic (exact) mass is 357 g/mol. The number of nitrogens with one attached hydrogen (secondary N) is 2. The summed E-state index contributed by atoms with van der Waals surface area (Å²) in [5, 5.41) is 6.69. The molecule has 25 heavy (non-hydrogen) atoms. The molecule has 0 aliphatic carbocycles. The molecule has 0 fully saturated rings. The highest BCUT2D eigenvalue weighted by molar-refractivity contribution is 7.99. The number of thioether (sulfide) groups is 1. The fourth-order valence-corrected chi connectivity index (χ4v) is 3.14. The molecule has 2 rings (SSSR count). The molecular weight excluding hydrogens is 330 g/mol. The van der Waals surface area contributed by atoms with Crippen molar-refractivity contribution < 1.29 is 4.74 Å². The molecule has 5 heteroatoms. The molecule has 0 spiro atoms. The third-order valence-electron chi connectivity index (χ3n) is 3.47. The van der Waals surface area contributed by atoms with E-state index in [2.05, 4.69) is 71.1 Å². The minimum absolute atomic E-state index is 0.632. The average molecular weight is 358 g/mol. The van der Waals surface area contributed by atoms with Crippen molar-refractivity contribution in [3.8, 4) is 0 Å². The number of benzene rings is 2. The Balaban J connectivity index is 1.82. The highest BCUT2D eigenvalue weighted by atomic mass is 32.2. The summed E-state index contributed by atoms with van der Waals surface area (Å²) >= 11 is 1.84. The fourth-order valence-electron chi connectivity index (χ4n) is 2.35. The average Bonchev–Trinajstić information content (AvgIpc) is 2.64. The van der Waals surface area contributed by atoms with Crippen molar-refractivity contribution in [2.75, 3.05) is 26.0 Å². The molecule has 0 saturated heterocycles. The smallest absolute Gasteiger partial charge is 0.191 e. The van der Waals surface area contributed by atoms with Crippen molar-refractivity contribution in [3.05, 3.63) is 65.7 Å². The highest BCUT2D eigenvalue weighted by Gasteiger charge is 1.99. The van der Waals surface area contributed by atoms with Crippen molar-refractivity contribution in [1.29, 1.82) is 0 Å².